The zero-order valence-electron chi connectivity index (χ0n) is 13.6. The SMILES string of the molecule is O=C(c1ccc(Cn2ccnc2)cc1)N1CCC(Oc2nccs2)C1. The van der Waals surface area contributed by atoms with Crippen molar-refractivity contribution in [3.05, 3.63) is 65.7 Å². The van der Waals surface area contributed by atoms with Crippen molar-refractivity contribution < 1.29 is 9.53 Å². The molecule has 0 radical (unpaired) electrons. The molecule has 3 heterocycles. The van der Waals surface area contributed by atoms with Crippen LogP contribution in [0.4, 0.5) is 0 Å². The van der Waals surface area contributed by atoms with E-state index in [1.54, 1.807) is 18.7 Å². The summed E-state index contributed by atoms with van der Waals surface area (Å²) in [6.07, 6.45) is 8.05. The van der Waals surface area contributed by atoms with Gasteiger partial charge < -0.3 is 14.2 Å². The van der Waals surface area contributed by atoms with E-state index in [1.165, 1.54) is 11.3 Å². The number of nitrogens with zero attached hydrogens (tertiary/aromatic N) is 4. The number of rotatable bonds is 5. The smallest absolute Gasteiger partial charge is 0.273 e. The highest BCUT2D eigenvalue weighted by Crippen LogP contribution is 2.21. The van der Waals surface area contributed by atoms with Crippen LogP contribution >= 0.6 is 11.3 Å². The topological polar surface area (TPSA) is 60.2 Å². The molecule has 25 heavy (non-hydrogen) atoms. The lowest BCUT2D eigenvalue weighted by Crippen LogP contribution is -2.30. The zero-order valence-corrected chi connectivity index (χ0v) is 14.4. The number of imidazole rings is 1. The fourth-order valence-electron chi connectivity index (χ4n) is 2.95. The van der Waals surface area contributed by atoms with Gasteiger partial charge in [0.25, 0.3) is 11.1 Å². The summed E-state index contributed by atoms with van der Waals surface area (Å²) < 4.78 is 7.81. The van der Waals surface area contributed by atoms with E-state index >= 15 is 0 Å². The van der Waals surface area contributed by atoms with Crippen molar-refractivity contribution in [2.24, 2.45) is 0 Å². The van der Waals surface area contributed by atoms with Gasteiger partial charge in [0.15, 0.2) is 0 Å². The van der Waals surface area contributed by atoms with Crippen LogP contribution in [0.25, 0.3) is 0 Å². The first-order valence-corrected chi connectivity index (χ1v) is 9.06. The third-order valence-electron chi connectivity index (χ3n) is 4.23. The molecule has 1 unspecified atom stereocenters. The maximum absolute atomic E-state index is 12.7. The molecular formula is C18H18N4O2S. The Labute approximate surface area is 149 Å². The highest BCUT2D eigenvalue weighted by Gasteiger charge is 2.28. The number of hydrogen-bond acceptors (Lipinski definition) is 5. The van der Waals surface area contributed by atoms with E-state index in [0.29, 0.717) is 23.8 Å². The Bertz CT molecular complexity index is 815. The highest BCUT2D eigenvalue weighted by molar-refractivity contribution is 7.11. The van der Waals surface area contributed by atoms with Gasteiger partial charge in [0.1, 0.15) is 6.10 Å². The van der Waals surface area contributed by atoms with Crippen molar-refractivity contribution in [1.29, 1.82) is 0 Å². The molecule has 1 aliphatic rings. The number of ether oxygens (including phenoxy) is 1. The minimum Gasteiger partial charge on any atom is -0.465 e. The Morgan fingerprint density at radius 1 is 1.28 bits per heavy atom. The number of amides is 1. The number of carbonyl (C=O) groups excluding carboxylic acids is 1. The van der Waals surface area contributed by atoms with Crippen LogP contribution in [0.1, 0.15) is 22.3 Å². The summed E-state index contributed by atoms with van der Waals surface area (Å²) >= 11 is 1.48. The lowest BCUT2D eigenvalue weighted by atomic mass is 10.1. The van der Waals surface area contributed by atoms with Crippen LogP contribution in [-0.2, 0) is 6.54 Å². The molecule has 4 rings (SSSR count). The first-order valence-electron chi connectivity index (χ1n) is 8.18. The number of benzene rings is 1. The maximum atomic E-state index is 12.7. The molecule has 0 bridgehead atoms. The van der Waals surface area contributed by atoms with Crippen LogP contribution in [0.5, 0.6) is 5.19 Å². The first kappa shape index (κ1) is 15.8. The van der Waals surface area contributed by atoms with Gasteiger partial charge in [-0.1, -0.05) is 23.5 Å². The largest absolute Gasteiger partial charge is 0.465 e. The van der Waals surface area contributed by atoms with Crippen molar-refractivity contribution in [1.82, 2.24) is 19.4 Å². The van der Waals surface area contributed by atoms with E-state index in [9.17, 15) is 4.79 Å². The third kappa shape index (κ3) is 3.71. The summed E-state index contributed by atoms with van der Waals surface area (Å²) in [6, 6.07) is 7.77. The van der Waals surface area contributed by atoms with Gasteiger partial charge in [-0.2, -0.15) is 0 Å². The molecule has 0 N–H and O–H groups in total. The lowest BCUT2D eigenvalue weighted by molar-refractivity contribution is 0.0772. The summed E-state index contributed by atoms with van der Waals surface area (Å²) in [7, 11) is 0. The quantitative estimate of drug-likeness (QED) is 0.707. The second kappa shape index (κ2) is 7.06. The highest BCUT2D eigenvalue weighted by atomic mass is 32.1. The lowest BCUT2D eigenvalue weighted by Gasteiger charge is -2.17. The zero-order chi connectivity index (χ0) is 17.1. The molecule has 6 nitrogen and oxygen atoms in total. The van der Waals surface area contributed by atoms with E-state index < -0.39 is 0 Å². The predicted molar refractivity (Wildman–Crippen MR) is 94.8 cm³/mol. The maximum Gasteiger partial charge on any atom is 0.273 e. The van der Waals surface area contributed by atoms with Gasteiger partial charge in [0, 0.05) is 49.0 Å². The summed E-state index contributed by atoms with van der Waals surface area (Å²) in [5.74, 6) is 0.0550. The van der Waals surface area contributed by atoms with Crippen LogP contribution in [-0.4, -0.2) is 44.5 Å². The molecule has 1 saturated heterocycles. The molecule has 3 aromatic rings. The van der Waals surface area contributed by atoms with E-state index in [4.69, 9.17) is 4.74 Å². The molecule has 7 heteroatoms. The van der Waals surface area contributed by atoms with Gasteiger partial charge in [-0.3, -0.25) is 4.79 Å². The van der Waals surface area contributed by atoms with Crippen LogP contribution < -0.4 is 4.74 Å². The van der Waals surface area contributed by atoms with E-state index in [1.807, 2.05) is 45.3 Å². The van der Waals surface area contributed by atoms with Gasteiger partial charge in [-0.05, 0) is 17.7 Å². The number of aromatic nitrogens is 3. The number of hydrogen-bond donors (Lipinski definition) is 0. The monoisotopic (exact) mass is 354 g/mol. The van der Waals surface area contributed by atoms with Crippen LogP contribution in [0.3, 0.4) is 0 Å². The molecule has 0 aliphatic carbocycles. The summed E-state index contributed by atoms with van der Waals surface area (Å²) in [4.78, 5) is 22.7. The Hall–Kier alpha value is -2.67. The van der Waals surface area contributed by atoms with Gasteiger partial charge in [0.2, 0.25) is 0 Å². The minimum atomic E-state index is 0.0237. The molecule has 0 saturated carbocycles. The van der Waals surface area contributed by atoms with Crippen LogP contribution in [0, 0.1) is 0 Å². The molecule has 0 spiro atoms. The fourth-order valence-corrected chi connectivity index (χ4v) is 3.50. The molecule has 1 aliphatic heterocycles. The van der Waals surface area contributed by atoms with Crippen molar-refractivity contribution in [3.8, 4) is 5.19 Å². The molecule has 2 aromatic heterocycles. The van der Waals surface area contributed by atoms with Crippen molar-refractivity contribution >= 4 is 17.2 Å². The Balaban J connectivity index is 1.36. The summed E-state index contributed by atoms with van der Waals surface area (Å²) in [6.45, 7) is 2.07. The van der Waals surface area contributed by atoms with Crippen LogP contribution in [0.15, 0.2) is 54.6 Å². The number of likely N-dealkylation sites (tertiary alicyclic amines) is 1. The fraction of sp³-hybridized carbons (Fsp3) is 0.278. The molecule has 1 atom stereocenters. The van der Waals surface area contributed by atoms with Gasteiger partial charge in [0.05, 0.1) is 12.9 Å². The number of carbonyl (C=O) groups is 1. The second-order valence-electron chi connectivity index (χ2n) is 6.01. The van der Waals surface area contributed by atoms with Gasteiger partial charge in [-0.25, -0.2) is 9.97 Å². The van der Waals surface area contributed by atoms with Gasteiger partial charge >= 0.3 is 0 Å². The molecular weight excluding hydrogens is 336 g/mol. The van der Waals surface area contributed by atoms with Crippen molar-refractivity contribution in [3.63, 3.8) is 0 Å². The summed E-state index contributed by atoms with van der Waals surface area (Å²) in [5.41, 5.74) is 1.85. The normalized spacial score (nSPS) is 17.0. The Morgan fingerprint density at radius 2 is 2.16 bits per heavy atom. The molecule has 1 aromatic carbocycles. The Kier molecular flexibility index (Phi) is 4.47. The van der Waals surface area contributed by atoms with Crippen molar-refractivity contribution in [2.75, 3.05) is 13.1 Å². The minimum absolute atomic E-state index is 0.0237. The standard InChI is InChI=1S/C18H18N4O2S/c23-17(22-8-5-16(12-22)24-18-20-7-10-25-18)15-3-1-14(2-4-15)11-21-9-6-19-13-21/h1-4,6-7,9-10,13,16H,5,8,11-12H2. The molecule has 1 fully saturated rings. The van der Waals surface area contributed by atoms with E-state index in [2.05, 4.69) is 9.97 Å². The van der Waals surface area contributed by atoms with Crippen molar-refractivity contribution in [2.45, 2.75) is 19.1 Å². The molecule has 128 valence electrons. The Morgan fingerprint density at radius 3 is 2.88 bits per heavy atom. The predicted octanol–water partition coefficient (Wildman–Crippen LogP) is 2.68. The average Bonchev–Trinajstić information content (AvgIpc) is 3.38. The van der Waals surface area contributed by atoms with Crippen LogP contribution in [0.2, 0.25) is 0 Å². The second-order valence-corrected chi connectivity index (χ2v) is 6.87. The average molecular weight is 354 g/mol. The molecule has 1 amide bonds. The van der Waals surface area contributed by atoms with E-state index in [-0.39, 0.29) is 12.0 Å². The van der Waals surface area contributed by atoms with E-state index in [0.717, 1.165) is 18.5 Å². The number of thiazole rings is 1. The summed E-state index contributed by atoms with van der Waals surface area (Å²) in [5, 5.41) is 2.56. The third-order valence-corrected chi connectivity index (χ3v) is 4.90. The first-order chi connectivity index (χ1) is 12.3. The van der Waals surface area contributed by atoms with Gasteiger partial charge in [-0.15, -0.1) is 0 Å².